The SMILES string of the molecule is CN(C)/C(=N\S(=O)(=O)c1ccc(Cl)cc1)N1CC(c2ccccc2)C(c2ccc(Cl)cc2)=N1. The summed E-state index contributed by atoms with van der Waals surface area (Å²) in [7, 11) is -0.490. The van der Waals surface area contributed by atoms with Crippen LogP contribution in [0.1, 0.15) is 17.0 Å². The molecule has 0 spiro atoms. The molecular weight excluding hydrogens is 479 g/mol. The van der Waals surface area contributed by atoms with Crippen LogP contribution in [-0.2, 0) is 10.0 Å². The molecular formula is C24H22Cl2N4O2S. The minimum atomic E-state index is -3.97. The third-order valence-electron chi connectivity index (χ3n) is 5.20. The normalized spacial score (nSPS) is 16.6. The first-order valence-corrected chi connectivity index (χ1v) is 12.4. The Morgan fingerprint density at radius 3 is 2.09 bits per heavy atom. The molecule has 0 aromatic heterocycles. The van der Waals surface area contributed by atoms with Crippen LogP contribution in [0.2, 0.25) is 10.0 Å². The molecule has 3 aromatic carbocycles. The van der Waals surface area contributed by atoms with Gasteiger partial charge in [0.25, 0.3) is 10.0 Å². The molecule has 1 atom stereocenters. The van der Waals surface area contributed by atoms with E-state index in [1.807, 2.05) is 54.6 Å². The van der Waals surface area contributed by atoms with Gasteiger partial charge in [-0.1, -0.05) is 65.7 Å². The fourth-order valence-corrected chi connectivity index (χ4v) is 4.89. The number of hydrogen-bond donors (Lipinski definition) is 0. The number of benzene rings is 3. The van der Waals surface area contributed by atoms with Crippen LogP contribution in [0.25, 0.3) is 0 Å². The highest BCUT2D eigenvalue weighted by Gasteiger charge is 2.33. The van der Waals surface area contributed by atoms with Crippen LogP contribution in [0.4, 0.5) is 0 Å². The van der Waals surface area contributed by atoms with Crippen molar-refractivity contribution in [1.29, 1.82) is 0 Å². The lowest BCUT2D eigenvalue weighted by atomic mass is 9.91. The summed E-state index contributed by atoms with van der Waals surface area (Å²) < 4.78 is 30.1. The molecule has 1 heterocycles. The molecule has 0 saturated heterocycles. The van der Waals surface area contributed by atoms with Gasteiger partial charge < -0.3 is 4.90 Å². The van der Waals surface area contributed by atoms with Gasteiger partial charge in [-0.3, -0.25) is 0 Å². The summed E-state index contributed by atoms with van der Waals surface area (Å²) in [5, 5.41) is 7.53. The zero-order valence-corrected chi connectivity index (χ0v) is 20.4. The summed E-state index contributed by atoms with van der Waals surface area (Å²) >= 11 is 12.0. The van der Waals surface area contributed by atoms with Gasteiger partial charge in [0.15, 0.2) is 0 Å². The minimum absolute atomic E-state index is 0.0620. The maximum Gasteiger partial charge on any atom is 0.285 e. The number of rotatable bonds is 4. The number of guanidine groups is 1. The molecule has 6 nitrogen and oxygen atoms in total. The van der Waals surface area contributed by atoms with E-state index in [0.717, 1.165) is 16.8 Å². The first-order chi connectivity index (χ1) is 15.7. The van der Waals surface area contributed by atoms with Crippen LogP contribution in [0.5, 0.6) is 0 Å². The van der Waals surface area contributed by atoms with Gasteiger partial charge in [0, 0.05) is 30.1 Å². The molecule has 0 N–H and O–H groups in total. The second-order valence-corrected chi connectivity index (χ2v) is 10.2. The average Bonchev–Trinajstić information content (AvgIpc) is 3.24. The predicted molar refractivity (Wildman–Crippen MR) is 134 cm³/mol. The Kier molecular flexibility index (Phi) is 6.74. The molecule has 0 saturated carbocycles. The summed E-state index contributed by atoms with van der Waals surface area (Å²) in [5.41, 5.74) is 2.80. The predicted octanol–water partition coefficient (Wildman–Crippen LogP) is 5.10. The van der Waals surface area contributed by atoms with Crippen LogP contribution in [-0.4, -0.2) is 50.6 Å². The number of nitrogens with zero attached hydrogens (tertiary/aromatic N) is 4. The monoisotopic (exact) mass is 500 g/mol. The first-order valence-electron chi connectivity index (χ1n) is 10.2. The van der Waals surface area contributed by atoms with Gasteiger partial charge in [-0.25, -0.2) is 5.01 Å². The van der Waals surface area contributed by atoms with Crippen molar-refractivity contribution in [2.75, 3.05) is 20.6 Å². The van der Waals surface area contributed by atoms with Crippen molar-refractivity contribution in [3.05, 3.63) is 100 Å². The molecule has 0 amide bonds. The number of sulfonamides is 1. The summed E-state index contributed by atoms with van der Waals surface area (Å²) in [6.07, 6.45) is 0. The fourth-order valence-electron chi connectivity index (χ4n) is 3.58. The highest BCUT2D eigenvalue weighted by Crippen LogP contribution is 2.30. The molecule has 0 fully saturated rings. The van der Waals surface area contributed by atoms with Crippen LogP contribution >= 0.6 is 23.2 Å². The van der Waals surface area contributed by atoms with E-state index in [1.54, 1.807) is 24.0 Å². The van der Waals surface area contributed by atoms with E-state index in [0.29, 0.717) is 16.6 Å². The van der Waals surface area contributed by atoms with Crippen molar-refractivity contribution in [3.8, 4) is 0 Å². The van der Waals surface area contributed by atoms with Gasteiger partial charge >= 0.3 is 0 Å². The summed E-state index contributed by atoms with van der Waals surface area (Å²) in [6, 6.07) is 23.4. The lowest BCUT2D eigenvalue weighted by molar-refractivity contribution is 0.404. The third kappa shape index (κ3) is 5.21. The molecule has 0 bridgehead atoms. The Bertz CT molecular complexity index is 1290. The maximum atomic E-state index is 13.0. The highest BCUT2D eigenvalue weighted by atomic mass is 35.5. The smallest absolute Gasteiger partial charge is 0.285 e. The zero-order chi connectivity index (χ0) is 23.6. The molecule has 1 aliphatic rings. The third-order valence-corrected chi connectivity index (χ3v) is 6.98. The summed E-state index contributed by atoms with van der Waals surface area (Å²) in [4.78, 5) is 1.70. The van der Waals surface area contributed by atoms with Crippen LogP contribution in [0, 0.1) is 0 Å². The van der Waals surface area contributed by atoms with Crippen molar-refractivity contribution in [1.82, 2.24) is 9.91 Å². The fraction of sp³-hybridized carbons (Fsp3) is 0.167. The van der Waals surface area contributed by atoms with E-state index in [4.69, 9.17) is 28.3 Å². The van der Waals surface area contributed by atoms with Crippen LogP contribution in [0.3, 0.4) is 0 Å². The molecule has 1 unspecified atom stereocenters. The van der Waals surface area contributed by atoms with E-state index in [2.05, 4.69) is 4.40 Å². The Balaban J connectivity index is 1.77. The number of hydrogen-bond acceptors (Lipinski definition) is 3. The van der Waals surface area contributed by atoms with Crippen LogP contribution < -0.4 is 0 Å². The van der Waals surface area contributed by atoms with Crippen LogP contribution in [0.15, 0.2) is 93.3 Å². The van der Waals surface area contributed by atoms with Crippen molar-refractivity contribution < 1.29 is 8.42 Å². The van der Waals surface area contributed by atoms with E-state index in [9.17, 15) is 8.42 Å². The highest BCUT2D eigenvalue weighted by molar-refractivity contribution is 7.90. The van der Waals surface area contributed by atoms with Gasteiger partial charge in [-0.15, -0.1) is 4.40 Å². The molecule has 9 heteroatoms. The lowest BCUT2D eigenvalue weighted by Crippen LogP contribution is -2.37. The van der Waals surface area contributed by atoms with Gasteiger partial charge in [0.05, 0.1) is 17.2 Å². The Hall–Kier alpha value is -2.87. The second-order valence-electron chi connectivity index (χ2n) is 7.75. The molecule has 0 aliphatic carbocycles. The standard InChI is InChI=1S/C24H22Cl2N4O2S/c1-29(2)24(28-33(31,32)21-14-12-20(26)13-15-21)30-16-22(17-6-4-3-5-7-17)23(27-30)18-8-10-19(25)11-9-18/h3-15,22H,16H2,1-2H3/b28-24+. The van der Waals surface area contributed by atoms with E-state index in [-0.39, 0.29) is 16.8 Å². The van der Waals surface area contributed by atoms with E-state index >= 15 is 0 Å². The average molecular weight is 501 g/mol. The second kappa shape index (κ2) is 9.55. The molecule has 0 radical (unpaired) electrons. The summed E-state index contributed by atoms with van der Waals surface area (Å²) in [6.45, 7) is 0.440. The largest absolute Gasteiger partial charge is 0.347 e. The van der Waals surface area contributed by atoms with E-state index < -0.39 is 10.0 Å². The number of halogens is 2. The number of hydrazone groups is 1. The Morgan fingerprint density at radius 1 is 0.939 bits per heavy atom. The van der Waals surface area contributed by atoms with Crippen molar-refractivity contribution in [2.24, 2.45) is 9.50 Å². The maximum absolute atomic E-state index is 13.0. The molecule has 4 rings (SSSR count). The quantitative estimate of drug-likeness (QED) is 0.369. The molecule has 1 aliphatic heterocycles. The van der Waals surface area contributed by atoms with Gasteiger partial charge in [0.1, 0.15) is 0 Å². The first kappa shape index (κ1) is 23.3. The van der Waals surface area contributed by atoms with Gasteiger partial charge in [-0.05, 0) is 47.5 Å². The topological polar surface area (TPSA) is 65.3 Å². The van der Waals surface area contributed by atoms with E-state index in [1.165, 1.54) is 24.3 Å². The molecule has 170 valence electrons. The van der Waals surface area contributed by atoms with Crippen molar-refractivity contribution in [3.63, 3.8) is 0 Å². The van der Waals surface area contributed by atoms with Gasteiger partial charge in [0.2, 0.25) is 5.96 Å². The summed E-state index contributed by atoms with van der Waals surface area (Å²) in [5.74, 6) is 0.144. The Labute approximate surface area is 203 Å². The van der Waals surface area contributed by atoms with Crippen molar-refractivity contribution >= 4 is 44.9 Å². The Morgan fingerprint density at radius 2 is 1.52 bits per heavy atom. The lowest BCUT2D eigenvalue weighted by Gasteiger charge is -2.23. The van der Waals surface area contributed by atoms with Gasteiger partial charge in [-0.2, -0.15) is 13.5 Å². The van der Waals surface area contributed by atoms with Crippen molar-refractivity contribution in [2.45, 2.75) is 10.8 Å². The molecule has 33 heavy (non-hydrogen) atoms. The zero-order valence-electron chi connectivity index (χ0n) is 18.1. The molecule has 3 aromatic rings. The minimum Gasteiger partial charge on any atom is -0.347 e.